The molecule has 84 valence electrons. The molecule has 0 aliphatic carbocycles. The third-order valence-electron chi connectivity index (χ3n) is 2.45. The van der Waals surface area contributed by atoms with Crippen LogP contribution in [0.15, 0.2) is 53.1 Å². The van der Waals surface area contributed by atoms with Gasteiger partial charge in [-0.15, -0.1) is 11.3 Å². The minimum atomic E-state index is 0.342. The van der Waals surface area contributed by atoms with Crippen molar-refractivity contribution in [3.63, 3.8) is 0 Å². The van der Waals surface area contributed by atoms with Crippen molar-refractivity contribution < 1.29 is 4.52 Å². The van der Waals surface area contributed by atoms with Crippen molar-refractivity contribution in [2.24, 2.45) is 0 Å². The maximum atomic E-state index is 5.51. The molecule has 0 fully saturated rings. The number of nitrogens with two attached hydrogens (primary N) is 1. The Balaban J connectivity index is 1.99. The minimum absolute atomic E-state index is 0.342. The molecule has 3 nitrogen and oxygen atoms in total. The zero-order chi connectivity index (χ0) is 11.7. The fourth-order valence-electron chi connectivity index (χ4n) is 1.64. The Bertz CT molecular complexity index is 628. The molecule has 0 radical (unpaired) electrons. The van der Waals surface area contributed by atoms with E-state index in [1.807, 2.05) is 24.3 Å². The predicted molar refractivity (Wildman–Crippen MR) is 69.7 cm³/mol. The van der Waals surface area contributed by atoms with Crippen LogP contribution in [0.3, 0.4) is 0 Å². The van der Waals surface area contributed by atoms with Crippen LogP contribution in [0.1, 0.15) is 0 Å². The van der Waals surface area contributed by atoms with E-state index in [2.05, 4.69) is 23.4 Å². The molecular formula is C13H10N2OS. The Morgan fingerprint density at radius 3 is 2.47 bits per heavy atom. The van der Waals surface area contributed by atoms with E-state index in [9.17, 15) is 0 Å². The van der Waals surface area contributed by atoms with Gasteiger partial charge in [0.1, 0.15) is 5.69 Å². The summed E-state index contributed by atoms with van der Waals surface area (Å²) in [5, 5.41) is 3.90. The number of hydrogen-bond donors (Lipinski definition) is 1. The molecule has 0 spiro atoms. The fourth-order valence-corrected chi connectivity index (χ4v) is 2.60. The standard InChI is InChI=1S/C13H10N2OS/c14-13-8-10(15-16-13)12-7-6-11(17-12)9-4-2-1-3-5-9/h1-8H,14H2. The number of benzene rings is 1. The van der Waals surface area contributed by atoms with Crippen LogP contribution in [0.25, 0.3) is 21.0 Å². The van der Waals surface area contributed by atoms with Gasteiger partial charge in [-0.1, -0.05) is 35.5 Å². The number of rotatable bonds is 2. The zero-order valence-electron chi connectivity index (χ0n) is 8.96. The normalized spacial score (nSPS) is 10.6. The molecule has 4 heteroatoms. The number of thiophene rings is 1. The molecule has 2 aromatic heterocycles. The van der Waals surface area contributed by atoms with Crippen molar-refractivity contribution in [1.82, 2.24) is 5.16 Å². The highest BCUT2D eigenvalue weighted by Crippen LogP contribution is 2.34. The molecule has 0 atom stereocenters. The van der Waals surface area contributed by atoms with Gasteiger partial charge in [0.05, 0.1) is 4.88 Å². The van der Waals surface area contributed by atoms with Crippen LogP contribution in [0, 0.1) is 0 Å². The molecule has 2 N–H and O–H groups in total. The molecule has 0 saturated heterocycles. The first kappa shape index (κ1) is 10.1. The first-order valence-corrected chi connectivity index (χ1v) is 6.02. The molecular weight excluding hydrogens is 232 g/mol. The monoisotopic (exact) mass is 242 g/mol. The van der Waals surface area contributed by atoms with Crippen LogP contribution in [0.5, 0.6) is 0 Å². The van der Waals surface area contributed by atoms with E-state index in [0.717, 1.165) is 10.6 Å². The highest BCUT2D eigenvalue weighted by molar-refractivity contribution is 7.18. The second-order valence-corrected chi connectivity index (χ2v) is 4.73. The first-order valence-electron chi connectivity index (χ1n) is 5.21. The lowest BCUT2D eigenvalue weighted by Gasteiger charge is -1.94. The Morgan fingerprint density at radius 2 is 1.76 bits per heavy atom. The van der Waals surface area contributed by atoms with Crippen molar-refractivity contribution in [3.05, 3.63) is 48.5 Å². The molecule has 0 bridgehead atoms. The number of nitrogen functional groups attached to an aromatic ring is 1. The van der Waals surface area contributed by atoms with Gasteiger partial charge in [0, 0.05) is 10.9 Å². The number of aromatic nitrogens is 1. The summed E-state index contributed by atoms with van der Waals surface area (Å²) in [5.74, 6) is 0.342. The summed E-state index contributed by atoms with van der Waals surface area (Å²) in [5.41, 5.74) is 7.50. The lowest BCUT2D eigenvalue weighted by molar-refractivity contribution is 0.439. The first-order chi connectivity index (χ1) is 8.33. The number of anilines is 1. The van der Waals surface area contributed by atoms with Crippen LogP contribution in [-0.4, -0.2) is 5.16 Å². The summed E-state index contributed by atoms with van der Waals surface area (Å²) >= 11 is 1.67. The highest BCUT2D eigenvalue weighted by atomic mass is 32.1. The summed E-state index contributed by atoms with van der Waals surface area (Å²) in [6, 6.07) is 16.1. The van der Waals surface area contributed by atoms with E-state index in [-0.39, 0.29) is 0 Å². The maximum absolute atomic E-state index is 5.51. The van der Waals surface area contributed by atoms with E-state index in [1.165, 1.54) is 10.4 Å². The van der Waals surface area contributed by atoms with Gasteiger partial charge in [-0.25, -0.2) is 0 Å². The highest BCUT2D eigenvalue weighted by Gasteiger charge is 2.08. The van der Waals surface area contributed by atoms with Gasteiger partial charge >= 0.3 is 0 Å². The Labute approximate surface area is 102 Å². The third kappa shape index (κ3) is 1.94. The van der Waals surface area contributed by atoms with Crippen molar-refractivity contribution in [1.29, 1.82) is 0 Å². The molecule has 3 rings (SSSR count). The molecule has 0 aliphatic heterocycles. The SMILES string of the molecule is Nc1cc(-c2ccc(-c3ccccc3)s2)no1. The van der Waals surface area contributed by atoms with Gasteiger partial charge in [-0.2, -0.15) is 0 Å². The second-order valence-electron chi connectivity index (χ2n) is 3.64. The Hall–Kier alpha value is -2.07. The van der Waals surface area contributed by atoms with Crippen molar-refractivity contribution in [2.75, 3.05) is 5.73 Å². The van der Waals surface area contributed by atoms with Crippen LogP contribution >= 0.6 is 11.3 Å². The lowest BCUT2D eigenvalue weighted by atomic mass is 10.2. The quantitative estimate of drug-likeness (QED) is 0.746. The smallest absolute Gasteiger partial charge is 0.222 e. The summed E-state index contributed by atoms with van der Waals surface area (Å²) in [6.07, 6.45) is 0. The van der Waals surface area contributed by atoms with Crippen LogP contribution in [0.4, 0.5) is 5.88 Å². The van der Waals surface area contributed by atoms with Gasteiger partial charge in [-0.05, 0) is 17.7 Å². The summed E-state index contributed by atoms with van der Waals surface area (Å²) in [7, 11) is 0. The van der Waals surface area contributed by atoms with Gasteiger partial charge in [0.2, 0.25) is 5.88 Å². The molecule has 0 amide bonds. The molecule has 17 heavy (non-hydrogen) atoms. The van der Waals surface area contributed by atoms with Crippen molar-refractivity contribution >= 4 is 17.2 Å². The van der Waals surface area contributed by atoms with Gasteiger partial charge in [0.25, 0.3) is 0 Å². The molecule has 1 aromatic carbocycles. The Kier molecular flexibility index (Phi) is 2.42. The zero-order valence-corrected chi connectivity index (χ0v) is 9.78. The molecule has 0 saturated carbocycles. The van der Waals surface area contributed by atoms with Crippen LogP contribution < -0.4 is 5.73 Å². The van der Waals surface area contributed by atoms with Gasteiger partial charge < -0.3 is 10.3 Å². The molecule has 0 unspecified atom stereocenters. The summed E-state index contributed by atoms with van der Waals surface area (Å²) in [6.45, 7) is 0. The van der Waals surface area contributed by atoms with E-state index in [4.69, 9.17) is 10.3 Å². The summed E-state index contributed by atoms with van der Waals surface area (Å²) < 4.78 is 4.87. The van der Waals surface area contributed by atoms with Crippen LogP contribution in [0.2, 0.25) is 0 Å². The average Bonchev–Trinajstić information content (AvgIpc) is 2.98. The largest absolute Gasteiger partial charge is 0.368 e. The van der Waals surface area contributed by atoms with E-state index >= 15 is 0 Å². The van der Waals surface area contributed by atoms with E-state index in [0.29, 0.717) is 5.88 Å². The maximum Gasteiger partial charge on any atom is 0.222 e. The second kappa shape index (κ2) is 4.07. The van der Waals surface area contributed by atoms with Crippen molar-refractivity contribution in [3.8, 4) is 21.0 Å². The molecule has 3 aromatic rings. The van der Waals surface area contributed by atoms with Gasteiger partial charge in [-0.3, -0.25) is 0 Å². The minimum Gasteiger partial charge on any atom is -0.368 e. The molecule has 0 aliphatic rings. The number of hydrogen-bond acceptors (Lipinski definition) is 4. The number of nitrogens with zero attached hydrogens (tertiary/aromatic N) is 1. The molecule has 2 heterocycles. The van der Waals surface area contributed by atoms with Crippen LogP contribution in [-0.2, 0) is 0 Å². The van der Waals surface area contributed by atoms with E-state index < -0.39 is 0 Å². The topological polar surface area (TPSA) is 52.0 Å². The lowest BCUT2D eigenvalue weighted by Crippen LogP contribution is -1.75. The third-order valence-corrected chi connectivity index (χ3v) is 3.60. The van der Waals surface area contributed by atoms with Gasteiger partial charge in [0.15, 0.2) is 0 Å². The van der Waals surface area contributed by atoms with Crippen molar-refractivity contribution in [2.45, 2.75) is 0 Å². The summed E-state index contributed by atoms with van der Waals surface area (Å²) in [4.78, 5) is 2.27. The Morgan fingerprint density at radius 1 is 1.00 bits per heavy atom. The average molecular weight is 242 g/mol. The predicted octanol–water partition coefficient (Wildman–Crippen LogP) is 3.65. The fraction of sp³-hybridized carbons (Fsp3) is 0. The van der Waals surface area contributed by atoms with E-state index in [1.54, 1.807) is 17.4 Å².